The molecule has 0 bridgehead atoms. The highest BCUT2D eigenvalue weighted by atomic mass is 79.9. The molecule has 142 valence electrons. The van der Waals surface area contributed by atoms with E-state index in [9.17, 15) is 9.59 Å². The van der Waals surface area contributed by atoms with Gasteiger partial charge >= 0.3 is 5.63 Å². The molecule has 1 N–H and O–H groups in total. The van der Waals surface area contributed by atoms with Gasteiger partial charge in [-0.3, -0.25) is 4.79 Å². The molecule has 0 atom stereocenters. The van der Waals surface area contributed by atoms with Gasteiger partial charge < -0.3 is 9.73 Å². The molecular weight excluding hydrogens is 430 g/mol. The molecule has 29 heavy (non-hydrogen) atoms. The summed E-state index contributed by atoms with van der Waals surface area (Å²) in [5.74, 6) is -0.0851. The molecule has 4 aromatic rings. The fraction of sp³-hybridized carbons (Fsp3) is 0. The summed E-state index contributed by atoms with van der Waals surface area (Å²) < 4.78 is 6.14. The molecule has 0 radical (unpaired) electrons. The van der Waals surface area contributed by atoms with Crippen LogP contribution in [0.2, 0.25) is 0 Å². The van der Waals surface area contributed by atoms with Crippen molar-refractivity contribution in [2.45, 2.75) is 0 Å². The van der Waals surface area contributed by atoms with Crippen LogP contribution in [0.5, 0.6) is 0 Å². The van der Waals surface area contributed by atoms with Crippen LogP contribution in [-0.2, 0) is 0 Å². The van der Waals surface area contributed by atoms with Gasteiger partial charge in [0.05, 0.1) is 5.69 Å². The molecule has 0 aliphatic rings. The second-order valence-corrected chi connectivity index (χ2v) is 7.25. The fourth-order valence-corrected chi connectivity index (χ4v) is 3.38. The third-order valence-corrected chi connectivity index (χ3v) is 5.14. The summed E-state index contributed by atoms with van der Waals surface area (Å²) >= 11 is 3.47. The van der Waals surface area contributed by atoms with Crippen molar-refractivity contribution in [3.8, 4) is 0 Å². The molecule has 0 aliphatic heterocycles. The molecule has 1 aromatic heterocycles. The number of carbonyl (C=O) groups excluding carboxylic acids is 1. The molecule has 0 aliphatic carbocycles. The van der Waals surface area contributed by atoms with Gasteiger partial charge in [0.25, 0.3) is 0 Å². The van der Waals surface area contributed by atoms with Gasteiger partial charge in [-0.05, 0) is 60.2 Å². The lowest BCUT2D eigenvalue weighted by molar-refractivity contribution is 0.104. The normalized spacial score (nSPS) is 11.1. The van der Waals surface area contributed by atoms with Crippen LogP contribution in [0.15, 0.2) is 98.6 Å². The second-order valence-electron chi connectivity index (χ2n) is 6.40. The number of benzene rings is 3. The van der Waals surface area contributed by atoms with E-state index in [-0.39, 0.29) is 5.78 Å². The van der Waals surface area contributed by atoms with Crippen molar-refractivity contribution in [3.05, 3.63) is 111 Å². The Morgan fingerprint density at radius 1 is 0.931 bits per heavy atom. The summed E-state index contributed by atoms with van der Waals surface area (Å²) in [5, 5.41) is 4.03. The highest BCUT2D eigenvalue weighted by Gasteiger charge is 2.07. The maximum Gasteiger partial charge on any atom is 0.338 e. The molecule has 1 heterocycles. The Hall–Kier alpha value is -3.44. The van der Waals surface area contributed by atoms with Crippen molar-refractivity contribution in [1.29, 1.82) is 0 Å². The molecule has 5 heteroatoms. The predicted molar refractivity (Wildman–Crippen MR) is 120 cm³/mol. The van der Waals surface area contributed by atoms with E-state index >= 15 is 0 Å². The van der Waals surface area contributed by atoms with Crippen LogP contribution in [0.4, 0.5) is 11.4 Å². The van der Waals surface area contributed by atoms with E-state index in [1.807, 2.05) is 54.6 Å². The van der Waals surface area contributed by atoms with Gasteiger partial charge in [-0.25, -0.2) is 4.79 Å². The van der Waals surface area contributed by atoms with Crippen LogP contribution in [0.25, 0.3) is 17.0 Å². The molecular formula is C24H16BrNO3. The topological polar surface area (TPSA) is 59.3 Å². The van der Waals surface area contributed by atoms with Crippen molar-refractivity contribution in [1.82, 2.24) is 0 Å². The van der Waals surface area contributed by atoms with Crippen molar-refractivity contribution in [3.63, 3.8) is 0 Å². The number of anilines is 2. The van der Waals surface area contributed by atoms with Crippen molar-refractivity contribution < 1.29 is 9.21 Å². The van der Waals surface area contributed by atoms with Gasteiger partial charge in [-0.15, -0.1) is 0 Å². The number of allylic oxidation sites excluding steroid dienone is 1. The second kappa shape index (κ2) is 8.29. The number of nitrogens with one attached hydrogen (secondary N) is 1. The van der Waals surface area contributed by atoms with E-state index < -0.39 is 5.63 Å². The standard InChI is InChI=1S/C24H16BrNO3/c25-20-7-3-1-5-16(20)11-14-22(27)17-9-12-18(13-10-17)26-21-15-24(28)29-23-8-4-2-6-19(21)23/h1-15,26H/b14-11+. The Balaban J connectivity index is 1.54. The number of hydrogen-bond donors (Lipinski definition) is 1. The maximum atomic E-state index is 12.4. The Bertz CT molecular complexity index is 1270. The van der Waals surface area contributed by atoms with E-state index in [2.05, 4.69) is 21.2 Å². The van der Waals surface area contributed by atoms with E-state index in [0.717, 1.165) is 21.1 Å². The quantitative estimate of drug-likeness (QED) is 0.226. The van der Waals surface area contributed by atoms with E-state index in [1.165, 1.54) is 6.07 Å². The van der Waals surface area contributed by atoms with E-state index in [0.29, 0.717) is 16.8 Å². The number of halogens is 1. The van der Waals surface area contributed by atoms with Gasteiger partial charge in [-0.2, -0.15) is 0 Å². The summed E-state index contributed by atoms with van der Waals surface area (Å²) in [6, 6.07) is 23.6. The first-order chi connectivity index (χ1) is 14.1. The molecule has 0 saturated carbocycles. The van der Waals surface area contributed by atoms with Gasteiger partial charge in [0.1, 0.15) is 5.58 Å². The van der Waals surface area contributed by atoms with E-state index in [4.69, 9.17) is 4.42 Å². The van der Waals surface area contributed by atoms with Crippen LogP contribution >= 0.6 is 15.9 Å². The number of fused-ring (bicyclic) bond motifs is 1. The Labute approximate surface area is 175 Å². The zero-order valence-corrected chi connectivity index (χ0v) is 16.8. The summed E-state index contributed by atoms with van der Waals surface area (Å²) in [6.07, 6.45) is 3.34. The first kappa shape index (κ1) is 18.9. The van der Waals surface area contributed by atoms with Gasteiger partial charge in [0.2, 0.25) is 0 Å². The Morgan fingerprint density at radius 2 is 1.66 bits per heavy atom. The Morgan fingerprint density at radius 3 is 2.45 bits per heavy atom. The summed E-state index contributed by atoms with van der Waals surface area (Å²) in [4.78, 5) is 24.2. The predicted octanol–water partition coefficient (Wildman–Crippen LogP) is 6.20. The van der Waals surface area contributed by atoms with Gasteiger partial charge in [0, 0.05) is 27.2 Å². The lowest BCUT2D eigenvalue weighted by Crippen LogP contribution is -2.01. The zero-order chi connectivity index (χ0) is 20.2. The van der Waals surface area contributed by atoms with Crippen molar-refractivity contribution in [2.24, 2.45) is 0 Å². The van der Waals surface area contributed by atoms with Crippen LogP contribution in [0.1, 0.15) is 15.9 Å². The number of para-hydroxylation sites is 1. The summed E-state index contributed by atoms with van der Waals surface area (Å²) in [6.45, 7) is 0. The van der Waals surface area contributed by atoms with Crippen LogP contribution in [0, 0.1) is 0 Å². The Kier molecular flexibility index (Phi) is 5.40. The third kappa shape index (κ3) is 4.36. The first-order valence-corrected chi connectivity index (χ1v) is 9.76. The molecule has 4 rings (SSSR count). The van der Waals surface area contributed by atoms with Gasteiger partial charge in [0.15, 0.2) is 5.78 Å². The smallest absolute Gasteiger partial charge is 0.338 e. The monoisotopic (exact) mass is 445 g/mol. The molecule has 3 aromatic carbocycles. The van der Waals surface area contributed by atoms with Crippen molar-refractivity contribution in [2.75, 3.05) is 5.32 Å². The van der Waals surface area contributed by atoms with E-state index in [1.54, 1.807) is 30.4 Å². The first-order valence-electron chi connectivity index (χ1n) is 8.97. The molecule has 0 unspecified atom stereocenters. The summed E-state index contributed by atoms with van der Waals surface area (Å²) in [7, 11) is 0. The largest absolute Gasteiger partial charge is 0.423 e. The summed E-state index contributed by atoms with van der Waals surface area (Å²) in [5.41, 5.74) is 3.05. The molecule has 0 amide bonds. The van der Waals surface area contributed by atoms with Gasteiger partial charge in [-0.1, -0.05) is 46.3 Å². The molecule has 0 saturated heterocycles. The average molecular weight is 446 g/mol. The van der Waals surface area contributed by atoms with Crippen LogP contribution in [-0.4, -0.2) is 5.78 Å². The number of carbonyl (C=O) groups is 1. The maximum absolute atomic E-state index is 12.4. The minimum absolute atomic E-state index is 0.0851. The number of hydrogen-bond acceptors (Lipinski definition) is 4. The number of ketones is 1. The highest BCUT2D eigenvalue weighted by Crippen LogP contribution is 2.25. The molecule has 4 nitrogen and oxygen atoms in total. The highest BCUT2D eigenvalue weighted by molar-refractivity contribution is 9.10. The average Bonchev–Trinajstić information content (AvgIpc) is 2.73. The lowest BCUT2D eigenvalue weighted by atomic mass is 10.1. The van der Waals surface area contributed by atoms with Crippen LogP contribution in [0.3, 0.4) is 0 Å². The van der Waals surface area contributed by atoms with Crippen molar-refractivity contribution >= 4 is 50.1 Å². The zero-order valence-electron chi connectivity index (χ0n) is 15.3. The number of rotatable bonds is 5. The lowest BCUT2D eigenvalue weighted by Gasteiger charge is -2.09. The molecule has 0 fully saturated rings. The molecule has 0 spiro atoms. The fourth-order valence-electron chi connectivity index (χ4n) is 2.96. The minimum atomic E-state index is -0.421. The third-order valence-electron chi connectivity index (χ3n) is 4.42. The van der Waals surface area contributed by atoms with Crippen LogP contribution < -0.4 is 10.9 Å². The minimum Gasteiger partial charge on any atom is -0.423 e. The SMILES string of the molecule is O=C(/C=C/c1ccccc1Br)c1ccc(Nc2cc(=O)oc3ccccc23)cc1.